The SMILES string of the molecule is CCOC(=O)c1ccc(N(C)CC(=O)NC)c(N)c1. The summed E-state index contributed by atoms with van der Waals surface area (Å²) in [6, 6.07) is 4.88. The topological polar surface area (TPSA) is 84.7 Å². The number of nitrogens with two attached hydrogens (primary N) is 1. The van der Waals surface area contributed by atoms with Crippen LogP contribution >= 0.6 is 0 Å². The number of hydrogen-bond acceptors (Lipinski definition) is 5. The second-order valence-corrected chi connectivity index (χ2v) is 4.02. The summed E-state index contributed by atoms with van der Waals surface area (Å²) in [6.45, 7) is 2.25. The van der Waals surface area contributed by atoms with Gasteiger partial charge in [0, 0.05) is 14.1 Å². The molecule has 0 spiro atoms. The van der Waals surface area contributed by atoms with Crippen LogP contribution in [0.15, 0.2) is 18.2 Å². The highest BCUT2D eigenvalue weighted by Crippen LogP contribution is 2.23. The van der Waals surface area contributed by atoms with E-state index < -0.39 is 5.97 Å². The molecule has 1 rings (SSSR count). The van der Waals surface area contributed by atoms with Gasteiger partial charge >= 0.3 is 5.97 Å². The molecule has 1 amide bonds. The third kappa shape index (κ3) is 3.87. The molecule has 6 heteroatoms. The second kappa shape index (κ2) is 6.63. The molecule has 0 unspecified atom stereocenters. The number of anilines is 2. The maximum absolute atomic E-state index is 11.5. The Morgan fingerprint density at radius 1 is 1.42 bits per heavy atom. The van der Waals surface area contributed by atoms with Gasteiger partial charge in [-0.3, -0.25) is 4.79 Å². The molecule has 0 aromatic heterocycles. The van der Waals surface area contributed by atoms with Crippen LogP contribution in [-0.2, 0) is 9.53 Å². The zero-order valence-corrected chi connectivity index (χ0v) is 11.4. The molecule has 0 aliphatic rings. The minimum absolute atomic E-state index is 0.114. The molecule has 0 aliphatic heterocycles. The van der Waals surface area contributed by atoms with E-state index in [2.05, 4.69) is 5.32 Å². The maximum atomic E-state index is 11.5. The van der Waals surface area contributed by atoms with Crippen LogP contribution in [0.25, 0.3) is 0 Å². The van der Waals surface area contributed by atoms with Gasteiger partial charge in [-0.1, -0.05) is 0 Å². The standard InChI is InChI=1S/C13H19N3O3/c1-4-19-13(18)9-5-6-11(10(14)7-9)16(3)8-12(17)15-2/h5-7H,4,8,14H2,1-3H3,(H,15,17). The number of nitrogens with zero attached hydrogens (tertiary/aromatic N) is 1. The molecule has 1 aromatic carbocycles. The first-order valence-electron chi connectivity index (χ1n) is 5.98. The van der Waals surface area contributed by atoms with E-state index in [9.17, 15) is 9.59 Å². The van der Waals surface area contributed by atoms with Gasteiger partial charge in [-0.15, -0.1) is 0 Å². The van der Waals surface area contributed by atoms with Crippen LogP contribution in [0.1, 0.15) is 17.3 Å². The van der Waals surface area contributed by atoms with E-state index in [0.717, 1.165) is 0 Å². The zero-order valence-electron chi connectivity index (χ0n) is 11.4. The van der Waals surface area contributed by atoms with Crippen LogP contribution in [0.2, 0.25) is 0 Å². The highest BCUT2D eigenvalue weighted by atomic mass is 16.5. The van der Waals surface area contributed by atoms with E-state index in [1.165, 1.54) is 0 Å². The molecule has 0 bridgehead atoms. The Hall–Kier alpha value is -2.24. The number of ether oxygens (including phenoxy) is 1. The van der Waals surface area contributed by atoms with E-state index in [1.807, 2.05) is 0 Å². The molecule has 3 N–H and O–H groups in total. The Labute approximate surface area is 112 Å². The summed E-state index contributed by atoms with van der Waals surface area (Å²) in [6.07, 6.45) is 0. The number of carbonyl (C=O) groups excluding carboxylic acids is 2. The third-order valence-electron chi connectivity index (χ3n) is 2.61. The fourth-order valence-electron chi connectivity index (χ4n) is 1.62. The molecule has 0 fully saturated rings. The van der Waals surface area contributed by atoms with Crippen LogP contribution in [0.5, 0.6) is 0 Å². The Balaban J connectivity index is 2.88. The highest BCUT2D eigenvalue weighted by molar-refractivity contribution is 5.92. The van der Waals surface area contributed by atoms with Gasteiger partial charge in [0.05, 0.1) is 30.1 Å². The molecule has 1 aromatic rings. The number of rotatable bonds is 5. The maximum Gasteiger partial charge on any atom is 0.338 e. The number of carbonyl (C=O) groups is 2. The quantitative estimate of drug-likeness (QED) is 0.602. The van der Waals surface area contributed by atoms with Gasteiger partial charge in [-0.05, 0) is 25.1 Å². The van der Waals surface area contributed by atoms with Crippen molar-refractivity contribution >= 4 is 23.3 Å². The molecule has 19 heavy (non-hydrogen) atoms. The van der Waals surface area contributed by atoms with Crippen molar-refractivity contribution in [3.05, 3.63) is 23.8 Å². The molecule has 0 heterocycles. The average molecular weight is 265 g/mol. The molecule has 0 aliphatic carbocycles. The van der Waals surface area contributed by atoms with Gasteiger partial charge in [0.25, 0.3) is 0 Å². The summed E-state index contributed by atoms with van der Waals surface area (Å²) < 4.78 is 4.89. The van der Waals surface area contributed by atoms with Crippen molar-refractivity contribution in [2.45, 2.75) is 6.92 Å². The zero-order chi connectivity index (χ0) is 14.4. The summed E-state index contributed by atoms with van der Waals surface area (Å²) in [7, 11) is 3.33. The highest BCUT2D eigenvalue weighted by Gasteiger charge is 2.12. The second-order valence-electron chi connectivity index (χ2n) is 4.02. The molecule has 0 radical (unpaired) electrons. The van der Waals surface area contributed by atoms with Gasteiger partial charge in [-0.2, -0.15) is 0 Å². The van der Waals surface area contributed by atoms with E-state index in [-0.39, 0.29) is 12.5 Å². The first-order chi connectivity index (χ1) is 8.99. The third-order valence-corrected chi connectivity index (χ3v) is 2.61. The van der Waals surface area contributed by atoms with Crippen molar-refractivity contribution in [1.29, 1.82) is 0 Å². The lowest BCUT2D eigenvalue weighted by atomic mass is 10.1. The smallest absolute Gasteiger partial charge is 0.338 e. The predicted molar refractivity (Wildman–Crippen MR) is 74.1 cm³/mol. The molecule has 104 valence electrons. The van der Waals surface area contributed by atoms with Crippen molar-refractivity contribution in [2.24, 2.45) is 0 Å². The van der Waals surface area contributed by atoms with Gasteiger partial charge in [-0.25, -0.2) is 4.79 Å². The van der Waals surface area contributed by atoms with E-state index in [1.54, 1.807) is 44.1 Å². The van der Waals surface area contributed by atoms with Crippen LogP contribution in [0.4, 0.5) is 11.4 Å². The van der Waals surface area contributed by atoms with Gasteiger partial charge in [0.15, 0.2) is 0 Å². The lowest BCUT2D eigenvalue weighted by Gasteiger charge is -2.20. The Morgan fingerprint density at radius 3 is 2.63 bits per heavy atom. The van der Waals surface area contributed by atoms with Crippen molar-refractivity contribution in [3.8, 4) is 0 Å². The van der Waals surface area contributed by atoms with Gasteiger partial charge < -0.3 is 20.7 Å². The van der Waals surface area contributed by atoms with Crippen LogP contribution in [0, 0.1) is 0 Å². The first kappa shape index (κ1) is 14.8. The normalized spacial score (nSPS) is 9.84. The monoisotopic (exact) mass is 265 g/mol. The molecular weight excluding hydrogens is 246 g/mol. The van der Waals surface area contributed by atoms with E-state index >= 15 is 0 Å². The Morgan fingerprint density at radius 2 is 2.11 bits per heavy atom. The van der Waals surface area contributed by atoms with E-state index in [0.29, 0.717) is 23.5 Å². The van der Waals surface area contributed by atoms with Crippen molar-refractivity contribution in [3.63, 3.8) is 0 Å². The minimum Gasteiger partial charge on any atom is -0.462 e. The predicted octanol–water partition coefficient (Wildman–Crippen LogP) is 0.628. The summed E-state index contributed by atoms with van der Waals surface area (Å²) in [5, 5.41) is 2.54. The molecule has 0 atom stereocenters. The summed E-state index contributed by atoms with van der Waals surface area (Å²) in [5.41, 5.74) is 7.41. The van der Waals surface area contributed by atoms with Crippen molar-refractivity contribution < 1.29 is 14.3 Å². The van der Waals surface area contributed by atoms with E-state index in [4.69, 9.17) is 10.5 Å². The van der Waals surface area contributed by atoms with Crippen molar-refractivity contribution in [2.75, 3.05) is 37.9 Å². The number of benzene rings is 1. The lowest BCUT2D eigenvalue weighted by molar-refractivity contribution is -0.119. The molecule has 0 saturated heterocycles. The van der Waals surface area contributed by atoms with Crippen LogP contribution in [-0.4, -0.2) is 39.1 Å². The summed E-state index contributed by atoms with van der Waals surface area (Å²) >= 11 is 0. The number of nitrogens with one attached hydrogen (secondary N) is 1. The average Bonchev–Trinajstić information content (AvgIpc) is 2.38. The fourth-order valence-corrected chi connectivity index (χ4v) is 1.62. The molecule has 0 saturated carbocycles. The number of hydrogen-bond donors (Lipinski definition) is 2. The number of esters is 1. The minimum atomic E-state index is -0.408. The number of amides is 1. The molecule has 6 nitrogen and oxygen atoms in total. The number of nitrogen functional groups attached to an aromatic ring is 1. The van der Waals surface area contributed by atoms with Gasteiger partial charge in [0.2, 0.25) is 5.91 Å². The molecular formula is C13H19N3O3. The van der Waals surface area contributed by atoms with Crippen LogP contribution in [0.3, 0.4) is 0 Å². The fraction of sp³-hybridized carbons (Fsp3) is 0.385. The van der Waals surface area contributed by atoms with Crippen LogP contribution < -0.4 is 16.0 Å². The lowest BCUT2D eigenvalue weighted by Crippen LogP contribution is -2.33. The summed E-state index contributed by atoms with van der Waals surface area (Å²) in [4.78, 5) is 24.6. The summed E-state index contributed by atoms with van der Waals surface area (Å²) in [5.74, 6) is -0.522. The largest absolute Gasteiger partial charge is 0.462 e. The van der Waals surface area contributed by atoms with Gasteiger partial charge in [0.1, 0.15) is 0 Å². The van der Waals surface area contributed by atoms with Crippen molar-refractivity contribution in [1.82, 2.24) is 5.32 Å². The Kier molecular flexibility index (Phi) is 5.17. The number of likely N-dealkylation sites (N-methyl/N-ethyl adjacent to an activating group) is 2. The Bertz CT molecular complexity index is 474. The first-order valence-corrected chi connectivity index (χ1v) is 5.98.